The van der Waals surface area contributed by atoms with Crippen LogP contribution < -0.4 is 10.6 Å². The summed E-state index contributed by atoms with van der Waals surface area (Å²) in [6.07, 6.45) is 5.41. The first kappa shape index (κ1) is 22.5. The summed E-state index contributed by atoms with van der Waals surface area (Å²) in [5.74, 6) is -0.391. The van der Waals surface area contributed by atoms with E-state index in [0.29, 0.717) is 29.8 Å². The Kier molecular flexibility index (Phi) is 6.77. The van der Waals surface area contributed by atoms with E-state index in [9.17, 15) is 15.0 Å². The van der Waals surface area contributed by atoms with Gasteiger partial charge in [-0.25, -0.2) is 4.98 Å². The van der Waals surface area contributed by atoms with Crippen LogP contribution in [-0.4, -0.2) is 44.6 Å². The Morgan fingerprint density at radius 1 is 1.21 bits per heavy atom. The molecule has 0 radical (unpaired) electrons. The number of aromatic nitrogens is 1. The Bertz CT molecular complexity index is 884. The molecule has 0 saturated heterocycles. The Labute approximate surface area is 171 Å². The summed E-state index contributed by atoms with van der Waals surface area (Å²) in [6, 6.07) is 5.18. The predicted molar refractivity (Wildman–Crippen MR) is 114 cm³/mol. The van der Waals surface area contributed by atoms with Gasteiger partial charge in [0.25, 0.3) is 5.91 Å². The lowest BCUT2D eigenvalue weighted by atomic mass is 9.87. The molecule has 156 valence electrons. The van der Waals surface area contributed by atoms with E-state index in [1.165, 1.54) is 0 Å². The Morgan fingerprint density at radius 2 is 1.90 bits per heavy atom. The molecule has 1 heterocycles. The number of carbonyl (C=O) groups excluding carboxylic acids is 1. The summed E-state index contributed by atoms with van der Waals surface area (Å²) in [7, 11) is 0. The molecule has 5 N–H and O–H groups in total. The molecule has 7 heteroatoms. The Morgan fingerprint density at radius 3 is 2.48 bits per heavy atom. The second kappa shape index (κ2) is 8.71. The fourth-order valence-electron chi connectivity index (χ4n) is 2.76. The molecule has 0 bridgehead atoms. The standard InChI is InChI=1S/C22H30N4O3/c1-14-7-6-8-18(25-14)20(27)26-19-11-15(13-24-10-9-21(2,3)28)17(23)12-16(19)22(4,5)29/h6-8,11-13,23-24,28-29H,9-10H2,1-5H3,(H,26,27)/b15-13-,23-17?. The molecule has 0 aromatic carbocycles. The highest BCUT2D eigenvalue weighted by Gasteiger charge is 2.28. The molecular weight excluding hydrogens is 368 g/mol. The maximum absolute atomic E-state index is 12.7. The molecule has 0 unspecified atom stereocenters. The molecular formula is C22H30N4O3. The Hall–Kier alpha value is -2.77. The van der Waals surface area contributed by atoms with Crippen molar-refractivity contribution in [3.05, 3.63) is 64.8 Å². The fourth-order valence-corrected chi connectivity index (χ4v) is 2.76. The van der Waals surface area contributed by atoms with Gasteiger partial charge in [-0.3, -0.25) is 4.79 Å². The lowest BCUT2D eigenvalue weighted by Gasteiger charge is -2.28. The van der Waals surface area contributed by atoms with Gasteiger partial charge >= 0.3 is 0 Å². The number of rotatable bonds is 7. The van der Waals surface area contributed by atoms with Crippen LogP contribution in [0.25, 0.3) is 0 Å². The number of aryl methyl sites for hydroxylation is 1. The zero-order valence-corrected chi connectivity index (χ0v) is 17.6. The highest BCUT2D eigenvalue weighted by Crippen LogP contribution is 2.28. The first-order valence-electron chi connectivity index (χ1n) is 9.53. The zero-order chi connectivity index (χ0) is 21.8. The van der Waals surface area contributed by atoms with Crippen molar-refractivity contribution in [2.75, 3.05) is 6.54 Å². The van der Waals surface area contributed by atoms with Crippen molar-refractivity contribution in [2.24, 2.45) is 0 Å². The largest absolute Gasteiger partial charge is 0.390 e. The van der Waals surface area contributed by atoms with E-state index in [1.54, 1.807) is 71.2 Å². The number of pyridine rings is 1. The predicted octanol–water partition coefficient (Wildman–Crippen LogP) is 2.37. The van der Waals surface area contributed by atoms with Crippen molar-refractivity contribution in [2.45, 2.75) is 52.2 Å². The smallest absolute Gasteiger partial charge is 0.274 e. The molecule has 7 nitrogen and oxygen atoms in total. The minimum Gasteiger partial charge on any atom is -0.390 e. The van der Waals surface area contributed by atoms with Crippen LogP contribution in [0.1, 0.15) is 50.3 Å². The molecule has 0 atom stereocenters. The number of nitrogens with zero attached hydrogens (tertiary/aromatic N) is 1. The van der Waals surface area contributed by atoms with Crippen LogP contribution in [-0.2, 0) is 0 Å². The molecule has 2 rings (SSSR count). The van der Waals surface area contributed by atoms with E-state index < -0.39 is 17.1 Å². The average Bonchev–Trinajstić information content (AvgIpc) is 2.59. The number of hydrogen-bond acceptors (Lipinski definition) is 6. The number of carbonyl (C=O) groups is 1. The van der Waals surface area contributed by atoms with Crippen LogP contribution in [0.3, 0.4) is 0 Å². The Balaban J connectivity index is 2.26. The van der Waals surface area contributed by atoms with Gasteiger partial charge in [0.05, 0.1) is 16.9 Å². The highest BCUT2D eigenvalue weighted by molar-refractivity contribution is 6.11. The number of allylic oxidation sites excluding steroid dienone is 3. The van der Waals surface area contributed by atoms with Crippen LogP contribution in [0.4, 0.5) is 0 Å². The summed E-state index contributed by atoms with van der Waals surface area (Å²) < 4.78 is 0. The summed E-state index contributed by atoms with van der Waals surface area (Å²) in [5.41, 5.74) is 0.600. The van der Waals surface area contributed by atoms with E-state index in [-0.39, 0.29) is 11.4 Å². The van der Waals surface area contributed by atoms with Gasteiger partial charge in [-0.05, 0) is 65.3 Å². The summed E-state index contributed by atoms with van der Waals surface area (Å²) >= 11 is 0. The first-order valence-corrected chi connectivity index (χ1v) is 9.53. The van der Waals surface area contributed by atoms with Gasteiger partial charge < -0.3 is 26.3 Å². The van der Waals surface area contributed by atoms with Crippen molar-refractivity contribution < 1.29 is 15.0 Å². The number of nitrogens with one attached hydrogen (secondary N) is 3. The summed E-state index contributed by atoms with van der Waals surface area (Å²) in [5, 5.41) is 34.5. The molecule has 1 amide bonds. The quantitative estimate of drug-likeness (QED) is 0.452. The lowest BCUT2D eigenvalue weighted by molar-refractivity contribution is 0.0721. The third-order valence-electron chi connectivity index (χ3n) is 4.36. The van der Waals surface area contributed by atoms with Crippen molar-refractivity contribution in [3.8, 4) is 0 Å². The van der Waals surface area contributed by atoms with Gasteiger partial charge in [0.15, 0.2) is 0 Å². The maximum Gasteiger partial charge on any atom is 0.274 e. The normalized spacial score (nSPS) is 16.4. The van der Waals surface area contributed by atoms with Crippen LogP contribution >= 0.6 is 0 Å². The minimum atomic E-state index is -1.24. The molecule has 0 saturated carbocycles. The number of amides is 1. The monoisotopic (exact) mass is 398 g/mol. The molecule has 1 aromatic rings. The van der Waals surface area contributed by atoms with Gasteiger partial charge in [0.1, 0.15) is 5.69 Å². The molecule has 0 aliphatic heterocycles. The number of hydrogen-bond donors (Lipinski definition) is 5. The number of aliphatic hydroxyl groups is 2. The van der Waals surface area contributed by atoms with Crippen molar-refractivity contribution >= 4 is 11.6 Å². The van der Waals surface area contributed by atoms with E-state index in [1.807, 2.05) is 0 Å². The minimum absolute atomic E-state index is 0.213. The highest BCUT2D eigenvalue weighted by atomic mass is 16.3. The average molecular weight is 399 g/mol. The van der Waals surface area contributed by atoms with Crippen molar-refractivity contribution in [3.63, 3.8) is 0 Å². The SMILES string of the molecule is Cc1cccc(C(=O)NC2=C/C(=C/NCCC(C)(C)O)C(=N)C=C2C(C)(C)O)n1. The third kappa shape index (κ3) is 6.66. The molecule has 0 spiro atoms. The summed E-state index contributed by atoms with van der Waals surface area (Å²) in [6.45, 7) is 9.01. The molecule has 29 heavy (non-hydrogen) atoms. The van der Waals surface area contributed by atoms with Gasteiger partial charge in [0.2, 0.25) is 0 Å². The van der Waals surface area contributed by atoms with E-state index in [2.05, 4.69) is 15.6 Å². The van der Waals surface area contributed by atoms with Gasteiger partial charge in [-0.15, -0.1) is 0 Å². The van der Waals surface area contributed by atoms with Crippen LogP contribution in [0.5, 0.6) is 0 Å². The van der Waals surface area contributed by atoms with E-state index in [4.69, 9.17) is 5.41 Å². The van der Waals surface area contributed by atoms with Crippen molar-refractivity contribution in [1.82, 2.24) is 15.6 Å². The van der Waals surface area contributed by atoms with Crippen molar-refractivity contribution in [1.29, 1.82) is 5.41 Å². The van der Waals surface area contributed by atoms with E-state index >= 15 is 0 Å². The van der Waals surface area contributed by atoms with Gasteiger partial charge in [-0.1, -0.05) is 6.07 Å². The molecule has 1 aliphatic carbocycles. The zero-order valence-electron chi connectivity index (χ0n) is 17.6. The van der Waals surface area contributed by atoms with Gasteiger partial charge in [-0.2, -0.15) is 0 Å². The topological polar surface area (TPSA) is 118 Å². The van der Waals surface area contributed by atoms with Gasteiger partial charge in [0, 0.05) is 35.3 Å². The second-order valence-corrected chi connectivity index (χ2v) is 8.32. The second-order valence-electron chi connectivity index (χ2n) is 8.32. The molecule has 0 fully saturated rings. The summed E-state index contributed by atoms with van der Waals surface area (Å²) in [4.78, 5) is 16.9. The molecule has 1 aliphatic rings. The molecule has 1 aromatic heterocycles. The maximum atomic E-state index is 12.7. The van der Waals surface area contributed by atoms with Crippen LogP contribution in [0.15, 0.2) is 53.4 Å². The third-order valence-corrected chi connectivity index (χ3v) is 4.36. The first-order chi connectivity index (χ1) is 13.4. The van der Waals surface area contributed by atoms with E-state index in [0.717, 1.165) is 5.69 Å². The van der Waals surface area contributed by atoms with Crippen LogP contribution in [0, 0.1) is 12.3 Å². The van der Waals surface area contributed by atoms with Crippen LogP contribution in [0.2, 0.25) is 0 Å². The fraction of sp³-hybridized carbons (Fsp3) is 0.409. The lowest BCUT2D eigenvalue weighted by Crippen LogP contribution is -2.34.